The molecule has 1 aromatic carbocycles. The molecule has 1 aliphatic carbocycles. The largest absolute Gasteiger partial charge is 0.491 e. The number of nitrogens with one attached hydrogen (secondary N) is 1. The Hall–Kier alpha value is -2.38. The van der Waals surface area contributed by atoms with Crippen molar-refractivity contribution >= 4 is 5.95 Å². The summed E-state index contributed by atoms with van der Waals surface area (Å²) in [6.45, 7) is 4.73. The zero-order valence-electron chi connectivity index (χ0n) is 18.5. The van der Waals surface area contributed by atoms with Gasteiger partial charge >= 0.3 is 0 Å². The van der Waals surface area contributed by atoms with Crippen molar-refractivity contribution in [1.29, 1.82) is 0 Å². The van der Waals surface area contributed by atoms with E-state index in [1.54, 1.807) is 7.11 Å². The Morgan fingerprint density at radius 2 is 1.87 bits per heavy atom. The molecule has 2 aliphatic rings. The van der Waals surface area contributed by atoms with Gasteiger partial charge < -0.3 is 24.3 Å². The van der Waals surface area contributed by atoms with Gasteiger partial charge in [0.25, 0.3) is 0 Å². The van der Waals surface area contributed by atoms with E-state index in [-0.39, 0.29) is 6.10 Å². The summed E-state index contributed by atoms with van der Waals surface area (Å²) >= 11 is 0. The van der Waals surface area contributed by atoms with Gasteiger partial charge in [0, 0.05) is 25.8 Å². The molecule has 1 N–H and O–H groups in total. The van der Waals surface area contributed by atoms with Gasteiger partial charge in [-0.1, -0.05) is 19.1 Å². The molecule has 7 heteroatoms. The van der Waals surface area contributed by atoms with Crippen molar-refractivity contribution in [3.05, 3.63) is 30.5 Å². The zero-order chi connectivity index (χ0) is 21.5. The predicted octanol–water partition coefficient (Wildman–Crippen LogP) is 4.33. The van der Waals surface area contributed by atoms with Crippen molar-refractivity contribution in [2.75, 3.05) is 38.9 Å². The first kappa shape index (κ1) is 21.8. The third-order valence-corrected chi connectivity index (χ3v) is 5.99. The van der Waals surface area contributed by atoms with Crippen molar-refractivity contribution < 1.29 is 18.9 Å². The number of nitrogens with zero attached hydrogens (tertiary/aromatic N) is 2. The van der Waals surface area contributed by atoms with Crippen molar-refractivity contribution in [1.82, 2.24) is 9.97 Å². The Morgan fingerprint density at radius 3 is 2.58 bits per heavy atom. The van der Waals surface area contributed by atoms with Crippen LogP contribution >= 0.6 is 0 Å². The molecule has 2 heterocycles. The molecular weight excluding hydrogens is 394 g/mol. The van der Waals surface area contributed by atoms with Gasteiger partial charge in [0.15, 0.2) is 0 Å². The molecular formula is C24H33N3O4. The van der Waals surface area contributed by atoms with E-state index in [0.717, 1.165) is 48.7 Å². The normalized spacial score (nSPS) is 23.5. The lowest BCUT2D eigenvalue weighted by Gasteiger charge is -2.27. The molecule has 2 aromatic rings. The maximum atomic E-state index is 6.25. The van der Waals surface area contributed by atoms with E-state index in [0.29, 0.717) is 37.7 Å². The van der Waals surface area contributed by atoms with Gasteiger partial charge in [-0.15, -0.1) is 0 Å². The number of methoxy groups -OCH3 is 1. The van der Waals surface area contributed by atoms with Crippen LogP contribution < -0.4 is 14.8 Å². The second kappa shape index (κ2) is 10.8. The van der Waals surface area contributed by atoms with Gasteiger partial charge in [-0.3, -0.25) is 0 Å². The van der Waals surface area contributed by atoms with Gasteiger partial charge in [-0.25, -0.2) is 4.98 Å². The average Bonchev–Trinajstić information content (AvgIpc) is 3.30. The predicted molar refractivity (Wildman–Crippen MR) is 120 cm³/mol. The Morgan fingerprint density at radius 1 is 1.06 bits per heavy atom. The fourth-order valence-corrected chi connectivity index (χ4v) is 4.05. The minimum atomic E-state index is 0.0219. The van der Waals surface area contributed by atoms with Crippen molar-refractivity contribution in [2.45, 2.75) is 51.2 Å². The fourth-order valence-electron chi connectivity index (χ4n) is 4.05. The van der Waals surface area contributed by atoms with Crippen LogP contribution in [0, 0.1) is 5.92 Å². The Kier molecular flexibility index (Phi) is 7.59. The summed E-state index contributed by atoms with van der Waals surface area (Å²) in [5, 5.41) is 3.52. The highest BCUT2D eigenvalue weighted by Gasteiger charge is 2.23. The lowest BCUT2D eigenvalue weighted by atomic mass is 9.87. The first-order valence-corrected chi connectivity index (χ1v) is 11.3. The number of hydrogen-bond acceptors (Lipinski definition) is 7. The number of rotatable bonds is 9. The number of benzene rings is 1. The first-order chi connectivity index (χ1) is 15.2. The summed E-state index contributed by atoms with van der Waals surface area (Å²) < 4.78 is 22.4. The van der Waals surface area contributed by atoms with Crippen LogP contribution in [-0.4, -0.2) is 55.7 Å². The molecule has 168 valence electrons. The van der Waals surface area contributed by atoms with Gasteiger partial charge in [0.1, 0.15) is 18.5 Å². The molecule has 1 saturated heterocycles. The van der Waals surface area contributed by atoms with Gasteiger partial charge in [0.2, 0.25) is 11.8 Å². The molecule has 31 heavy (non-hydrogen) atoms. The number of aromatic nitrogens is 2. The molecule has 1 aliphatic heterocycles. The number of hydrogen-bond donors (Lipinski definition) is 1. The zero-order valence-corrected chi connectivity index (χ0v) is 18.5. The lowest BCUT2D eigenvalue weighted by molar-refractivity contribution is 0.138. The quantitative estimate of drug-likeness (QED) is 0.597. The smallest absolute Gasteiger partial charge is 0.226 e. The third-order valence-electron chi connectivity index (χ3n) is 5.99. The lowest BCUT2D eigenvalue weighted by Crippen LogP contribution is -2.26. The maximum Gasteiger partial charge on any atom is 0.226 e. The van der Waals surface area contributed by atoms with E-state index in [4.69, 9.17) is 23.9 Å². The van der Waals surface area contributed by atoms with Crippen LogP contribution in [0.25, 0.3) is 11.1 Å². The van der Waals surface area contributed by atoms with Crippen molar-refractivity contribution in [2.24, 2.45) is 5.92 Å². The second-order valence-electron chi connectivity index (χ2n) is 8.48. The van der Waals surface area contributed by atoms with Crippen LogP contribution in [0.4, 0.5) is 5.95 Å². The van der Waals surface area contributed by atoms with Gasteiger partial charge in [-0.05, 0) is 49.3 Å². The molecule has 7 nitrogen and oxygen atoms in total. The molecule has 1 aromatic heterocycles. The van der Waals surface area contributed by atoms with E-state index in [9.17, 15) is 0 Å². The van der Waals surface area contributed by atoms with Crippen LogP contribution in [0.1, 0.15) is 39.0 Å². The summed E-state index contributed by atoms with van der Waals surface area (Å²) in [4.78, 5) is 9.37. The van der Waals surface area contributed by atoms with E-state index in [1.165, 1.54) is 12.8 Å². The Labute approximate surface area is 184 Å². The monoisotopic (exact) mass is 427 g/mol. The molecule has 0 unspecified atom stereocenters. The summed E-state index contributed by atoms with van der Waals surface area (Å²) in [7, 11) is 1.66. The van der Waals surface area contributed by atoms with Crippen molar-refractivity contribution in [3.63, 3.8) is 0 Å². The maximum absolute atomic E-state index is 6.25. The van der Waals surface area contributed by atoms with Crippen LogP contribution in [0.15, 0.2) is 30.5 Å². The molecule has 1 saturated carbocycles. The standard InChI is InChI=1S/C24H33N3O4/c1-17-3-7-19(8-4-17)26-24-25-15-22(23(27-24)31-21-11-12-29-16-21)18-5-9-20(10-6-18)30-14-13-28-2/h5-6,9-10,15,17,19,21H,3-4,7-8,11-14,16H2,1-2H3,(H,25,26,27)/t17?,19?,21-/m1/s1. The molecule has 0 radical (unpaired) electrons. The van der Waals surface area contributed by atoms with E-state index in [1.807, 2.05) is 30.5 Å². The molecule has 4 rings (SSSR count). The first-order valence-electron chi connectivity index (χ1n) is 11.3. The SMILES string of the molecule is COCCOc1ccc(-c2cnc(NC3CCC(C)CC3)nc2O[C@@H]2CCOC2)cc1. The molecule has 0 bridgehead atoms. The summed E-state index contributed by atoms with van der Waals surface area (Å²) in [6.07, 6.45) is 7.56. The molecule has 0 amide bonds. The third kappa shape index (κ3) is 6.08. The van der Waals surface area contributed by atoms with Gasteiger partial charge in [0.05, 0.1) is 25.4 Å². The summed E-state index contributed by atoms with van der Waals surface area (Å²) in [5.74, 6) is 2.85. The summed E-state index contributed by atoms with van der Waals surface area (Å²) in [6, 6.07) is 8.34. The van der Waals surface area contributed by atoms with Crippen LogP contribution in [0.2, 0.25) is 0 Å². The van der Waals surface area contributed by atoms with Crippen molar-refractivity contribution in [3.8, 4) is 22.8 Å². The Balaban J connectivity index is 1.51. The van der Waals surface area contributed by atoms with Crippen LogP contribution in [0.5, 0.6) is 11.6 Å². The molecule has 1 atom stereocenters. The topological polar surface area (TPSA) is 74.7 Å². The number of anilines is 1. The summed E-state index contributed by atoms with van der Waals surface area (Å²) in [5.41, 5.74) is 1.87. The highest BCUT2D eigenvalue weighted by Crippen LogP contribution is 2.32. The second-order valence-corrected chi connectivity index (χ2v) is 8.48. The average molecular weight is 428 g/mol. The Bertz CT molecular complexity index is 816. The minimum absolute atomic E-state index is 0.0219. The van der Waals surface area contributed by atoms with E-state index < -0.39 is 0 Å². The molecule has 0 spiro atoms. The minimum Gasteiger partial charge on any atom is -0.491 e. The highest BCUT2D eigenvalue weighted by molar-refractivity contribution is 5.69. The van der Waals surface area contributed by atoms with E-state index in [2.05, 4.69) is 17.2 Å². The van der Waals surface area contributed by atoms with Gasteiger partial charge in [-0.2, -0.15) is 4.98 Å². The van der Waals surface area contributed by atoms with Crippen LogP contribution in [0.3, 0.4) is 0 Å². The van der Waals surface area contributed by atoms with E-state index >= 15 is 0 Å². The molecule has 2 fully saturated rings. The fraction of sp³-hybridized carbons (Fsp3) is 0.583. The van der Waals surface area contributed by atoms with Crippen LogP contribution in [-0.2, 0) is 9.47 Å². The number of ether oxygens (including phenoxy) is 4. The highest BCUT2D eigenvalue weighted by atomic mass is 16.5.